The van der Waals surface area contributed by atoms with Crippen LogP contribution in [0.4, 0.5) is 0 Å². The molecule has 4 heteroatoms. The van der Waals surface area contributed by atoms with Gasteiger partial charge in [0.2, 0.25) is 0 Å². The fraction of sp³-hybridized carbons (Fsp3) is 0.611. The molecule has 1 fully saturated rings. The Morgan fingerprint density at radius 3 is 2.45 bits per heavy atom. The molecule has 0 bridgehead atoms. The van der Waals surface area contributed by atoms with Gasteiger partial charge in [0.05, 0.1) is 0 Å². The van der Waals surface area contributed by atoms with Gasteiger partial charge >= 0.3 is 0 Å². The molecule has 2 N–H and O–H groups in total. The number of rotatable bonds is 3. The van der Waals surface area contributed by atoms with E-state index in [2.05, 4.69) is 32.9 Å². The monoisotopic (exact) mass is 304 g/mol. The molecule has 0 spiro atoms. The molecule has 22 heavy (non-hydrogen) atoms. The molecule has 122 valence electrons. The van der Waals surface area contributed by atoms with E-state index in [0.29, 0.717) is 6.54 Å². The highest BCUT2D eigenvalue weighted by Gasteiger charge is 2.35. The second-order valence-corrected chi connectivity index (χ2v) is 7.22. The number of amides is 1. The first kappa shape index (κ1) is 16.8. The maximum atomic E-state index is 12.4. The first-order valence-corrected chi connectivity index (χ1v) is 7.95. The third-order valence-corrected chi connectivity index (χ3v) is 4.61. The molecule has 1 saturated heterocycles. The van der Waals surface area contributed by atoms with Crippen molar-refractivity contribution < 1.29 is 9.53 Å². The van der Waals surface area contributed by atoms with Crippen LogP contribution in [0.1, 0.15) is 37.0 Å². The number of piperidine rings is 1. The molecule has 1 atom stereocenters. The average Bonchev–Trinajstić information content (AvgIpc) is 2.40. The molecular formula is C18H28N2O2. The molecule has 4 nitrogen and oxygen atoms in total. The van der Waals surface area contributed by atoms with Crippen LogP contribution >= 0.6 is 0 Å². The van der Waals surface area contributed by atoms with E-state index in [4.69, 9.17) is 10.5 Å². The zero-order valence-electron chi connectivity index (χ0n) is 14.4. The van der Waals surface area contributed by atoms with Gasteiger partial charge < -0.3 is 15.4 Å². The van der Waals surface area contributed by atoms with E-state index in [9.17, 15) is 4.79 Å². The van der Waals surface area contributed by atoms with Crippen LogP contribution < -0.4 is 10.5 Å². The Labute approximate surface area is 133 Å². The van der Waals surface area contributed by atoms with Crippen LogP contribution in [0.15, 0.2) is 12.1 Å². The number of carbonyl (C=O) groups is 1. The highest BCUT2D eigenvalue weighted by atomic mass is 16.5. The largest absolute Gasteiger partial charge is 0.483 e. The van der Waals surface area contributed by atoms with Gasteiger partial charge in [0, 0.05) is 19.1 Å². The van der Waals surface area contributed by atoms with Crippen LogP contribution in [0.3, 0.4) is 0 Å². The third-order valence-electron chi connectivity index (χ3n) is 4.61. The molecule has 1 aromatic rings. The van der Waals surface area contributed by atoms with E-state index >= 15 is 0 Å². The highest BCUT2D eigenvalue weighted by Crippen LogP contribution is 2.28. The number of carbonyl (C=O) groups excluding carboxylic acids is 1. The predicted molar refractivity (Wildman–Crippen MR) is 89.1 cm³/mol. The van der Waals surface area contributed by atoms with Crippen molar-refractivity contribution in [2.45, 2.75) is 47.1 Å². The minimum atomic E-state index is -0.0381. The maximum absolute atomic E-state index is 12.4. The molecule has 1 aromatic carbocycles. The molecule has 1 amide bonds. The smallest absolute Gasteiger partial charge is 0.260 e. The minimum absolute atomic E-state index is 0.0381. The van der Waals surface area contributed by atoms with Gasteiger partial charge in [0.15, 0.2) is 6.61 Å². The van der Waals surface area contributed by atoms with Crippen molar-refractivity contribution in [3.63, 3.8) is 0 Å². The van der Waals surface area contributed by atoms with Crippen LogP contribution in [0.25, 0.3) is 0 Å². The zero-order chi connectivity index (χ0) is 16.5. The SMILES string of the molecule is Cc1cc(C)c(OCC(=O)N2CCC(N)C(C)(C)C2)c(C)c1. The summed E-state index contributed by atoms with van der Waals surface area (Å²) in [5, 5.41) is 0. The van der Waals surface area contributed by atoms with Crippen LogP contribution in [0.2, 0.25) is 0 Å². The zero-order valence-corrected chi connectivity index (χ0v) is 14.4. The summed E-state index contributed by atoms with van der Waals surface area (Å²) in [6.45, 7) is 11.8. The van der Waals surface area contributed by atoms with E-state index < -0.39 is 0 Å². The summed E-state index contributed by atoms with van der Waals surface area (Å²) >= 11 is 0. The van der Waals surface area contributed by atoms with Crippen molar-refractivity contribution in [1.29, 1.82) is 0 Å². The third kappa shape index (κ3) is 3.61. The number of hydrogen-bond acceptors (Lipinski definition) is 3. The van der Waals surface area contributed by atoms with E-state index in [0.717, 1.165) is 29.8 Å². The lowest BCUT2D eigenvalue weighted by Crippen LogP contribution is -2.54. The van der Waals surface area contributed by atoms with Gasteiger partial charge in [-0.1, -0.05) is 31.5 Å². The number of likely N-dealkylation sites (tertiary alicyclic amines) is 1. The molecule has 0 saturated carbocycles. The van der Waals surface area contributed by atoms with Crippen LogP contribution in [0.5, 0.6) is 5.75 Å². The van der Waals surface area contributed by atoms with Crippen molar-refractivity contribution in [1.82, 2.24) is 4.90 Å². The van der Waals surface area contributed by atoms with E-state index in [1.54, 1.807) is 0 Å². The predicted octanol–water partition coefficient (Wildman–Crippen LogP) is 2.58. The van der Waals surface area contributed by atoms with Gasteiger partial charge in [0.25, 0.3) is 5.91 Å². The minimum Gasteiger partial charge on any atom is -0.483 e. The quantitative estimate of drug-likeness (QED) is 0.934. The molecule has 0 aliphatic carbocycles. The first-order valence-electron chi connectivity index (χ1n) is 7.95. The van der Waals surface area contributed by atoms with Crippen molar-refractivity contribution in [2.75, 3.05) is 19.7 Å². The average molecular weight is 304 g/mol. The van der Waals surface area contributed by atoms with Gasteiger partial charge in [-0.25, -0.2) is 0 Å². The molecular weight excluding hydrogens is 276 g/mol. The van der Waals surface area contributed by atoms with Gasteiger partial charge in [-0.15, -0.1) is 0 Å². The van der Waals surface area contributed by atoms with E-state index in [1.807, 2.05) is 18.7 Å². The number of nitrogens with two attached hydrogens (primary N) is 1. The molecule has 0 aromatic heterocycles. The van der Waals surface area contributed by atoms with Gasteiger partial charge in [0.1, 0.15) is 5.75 Å². The summed E-state index contributed by atoms with van der Waals surface area (Å²) < 4.78 is 5.81. The Morgan fingerprint density at radius 2 is 1.91 bits per heavy atom. The Kier molecular flexibility index (Phi) is 4.81. The Balaban J connectivity index is 1.99. The molecule has 1 aliphatic heterocycles. The fourth-order valence-corrected chi connectivity index (χ4v) is 3.21. The number of hydrogen-bond donors (Lipinski definition) is 1. The van der Waals surface area contributed by atoms with Crippen molar-refractivity contribution >= 4 is 5.91 Å². The number of aryl methyl sites for hydroxylation is 3. The summed E-state index contributed by atoms with van der Waals surface area (Å²) in [6.07, 6.45) is 0.849. The number of ether oxygens (including phenoxy) is 1. The lowest BCUT2D eigenvalue weighted by atomic mass is 9.80. The summed E-state index contributed by atoms with van der Waals surface area (Å²) in [5.41, 5.74) is 9.45. The Hall–Kier alpha value is -1.55. The number of benzene rings is 1. The summed E-state index contributed by atoms with van der Waals surface area (Å²) in [7, 11) is 0. The standard InChI is InChI=1S/C18H28N2O2/c1-12-8-13(2)17(14(3)9-12)22-10-16(21)20-7-6-15(19)18(4,5)11-20/h8-9,15H,6-7,10-11,19H2,1-5H3. The second-order valence-electron chi connectivity index (χ2n) is 7.22. The Morgan fingerprint density at radius 1 is 1.32 bits per heavy atom. The molecule has 0 radical (unpaired) electrons. The second kappa shape index (κ2) is 6.29. The van der Waals surface area contributed by atoms with Crippen LogP contribution in [-0.4, -0.2) is 36.5 Å². The van der Waals surface area contributed by atoms with Crippen molar-refractivity contribution in [2.24, 2.45) is 11.1 Å². The maximum Gasteiger partial charge on any atom is 0.260 e. The summed E-state index contributed by atoms with van der Waals surface area (Å²) in [5.74, 6) is 0.867. The first-order chi connectivity index (χ1) is 10.2. The topological polar surface area (TPSA) is 55.6 Å². The lowest BCUT2D eigenvalue weighted by Gasteiger charge is -2.42. The van der Waals surface area contributed by atoms with Gasteiger partial charge in [-0.2, -0.15) is 0 Å². The Bertz CT molecular complexity index is 543. The highest BCUT2D eigenvalue weighted by molar-refractivity contribution is 5.78. The normalized spacial score (nSPS) is 20.8. The summed E-state index contributed by atoms with van der Waals surface area (Å²) in [6, 6.07) is 4.31. The van der Waals surface area contributed by atoms with E-state index in [1.165, 1.54) is 5.56 Å². The molecule has 1 unspecified atom stereocenters. The van der Waals surface area contributed by atoms with Gasteiger partial charge in [-0.3, -0.25) is 4.79 Å². The van der Waals surface area contributed by atoms with Crippen molar-refractivity contribution in [3.8, 4) is 5.75 Å². The van der Waals surface area contributed by atoms with Crippen LogP contribution in [-0.2, 0) is 4.79 Å². The lowest BCUT2D eigenvalue weighted by molar-refractivity contribution is -0.136. The van der Waals surface area contributed by atoms with Crippen LogP contribution in [0, 0.1) is 26.2 Å². The summed E-state index contributed by atoms with van der Waals surface area (Å²) in [4.78, 5) is 14.3. The number of nitrogens with zero attached hydrogens (tertiary/aromatic N) is 1. The van der Waals surface area contributed by atoms with Crippen molar-refractivity contribution in [3.05, 3.63) is 28.8 Å². The molecule has 1 aliphatic rings. The van der Waals surface area contributed by atoms with E-state index in [-0.39, 0.29) is 24.0 Å². The molecule has 2 rings (SSSR count). The fourth-order valence-electron chi connectivity index (χ4n) is 3.21. The van der Waals surface area contributed by atoms with Gasteiger partial charge in [-0.05, 0) is 43.7 Å². The molecule has 1 heterocycles.